The Morgan fingerprint density at radius 1 is 1.44 bits per heavy atom. The fourth-order valence-electron chi connectivity index (χ4n) is 2.04. The second kappa shape index (κ2) is 4.49. The number of hydrogen-bond donors (Lipinski definition) is 0. The van der Waals surface area contributed by atoms with Crippen LogP contribution in [0.3, 0.4) is 0 Å². The third-order valence-corrected chi connectivity index (χ3v) is 3.95. The summed E-state index contributed by atoms with van der Waals surface area (Å²) in [5, 5.41) is 0. The lowest BCUT2D eigenvalue weighted by Crippen LogP contribution is -2.26. The van der Waals surface area contributed by atoms with Gasteiger partial charge in [0.2, 0.25) is 0 Å². The van der Waals surface area contributed by atoms with E-state index in [2.05, 4.69) is 14.5 Å². The molecule has 1 aliphatic carbocycles. The summed E-state index contributed by atoms with van der Waals surface area (Å²) in [6, 6.07) is 0.578. The van der Waals surface area contributed by atoms with Gasteiger partial charge in [-0.2, -0.15) is 0 Å². The summed E-state index contributed by atoms with van der Waals surface area (Å²) in [4.78, 5) is 20.5. The Morgan fingerprint density at radius 2 is 2.22 bits per heavy atom. The lowest BCUT2D eigenvalue weighted by molar-refractivity contribution is 0.622. The maximum atomic E-state index is 12.1. The fraction of sp³-hybridized carbons (Fsp3) is 0.417. The van der Waals surface area contributed by atoms with E-state index < -0.39 is 0 Å². The van der Waals surface area contributed by atoms with Gasteiger partial charge >= 0.3 is 0 Å². The van der Waals surface area contributed by atoms with Crippen LogP contribution >= 0.6 is 22.6 Å². The summed E-state index contributed by atoms with van der Waals surface area (Å²) in [7, 11) is 0. The number of imidazole rings is 1. The molecule has 0 N–H and O–H groups in total. The van der Waals surface area contributed by atoms with E-state index in [4.69, 9.17) is 0 Å². The molecular formula is C12H13IN4O. The van der Waals surface area contributed by atoms with Crippen molar-refractivity contribution in [1.82, 2.24) is 19.1 Å². The van der Waals surface area contributed by atoms with Gasteiger partial charge in [0.05, 0.1) is 22.1 Å². The molecule has 0 saturated heterocycles. The van der Waals surface area contributed by atoms with E-state index >= 15 is 0 Å². The first-order valence-electron chi connectivity index (χ1n) is 5.89. The lowest BCUT2D eigenvalue weighted by Gasteiger charge is -2.11. The molecule has 1 aliphatic rings. The molecule has 0 aromatic carbocycles. The van der Waals surface area contributed by atoms with Crippen LogP contribution in [0.5, 0.6) is 0 Å². The van der Waals surface area contributed by atoms with Gasteiger partial charge in [0, 0.05) is 18.4 Å². The molecule has 0 spiro atoms. The predicted molar refractivity (Wildman–Crippen MR) is 75.6 cm³/mol. The highest BCUT2D eigenvalue weighted by molar-refractivity contribution is 14.1. The molecule has 94 valence electrons. The molecule has 0 aliphatic heterocycles. The minimum absolute atomic E-state index is 0.0200. The van der Waals surface area contributed by atoms with Gasteiger partial charge in [-0.15, -0.1) is 0 Å². The van der Waals surface area contributed by atoms with Crippen LogP contribution < -0.4 is 5.56 Å². The molecule has 0 unspecified atom stereocenters. The Morgan fingerprint density at radius 3 is 2.94 bits per heavy atom. The van der Waals surface area contributed by atoms with Crippen molar-refractivity contribution in [2.24, 2.45) is 0 Å². The predicted octanol–water partition coefficient (Wildman–Crippen LogP) is 1.74. The Hall–Kier alpha value is -1.18. The first-order chi connectivity index (χ1) is 8.66. The van der Waals surface area contributed by atoms with Crippen molar-refractivity contribution < 1.29 is 0 Å². The standard InChI is InChI=1S/C12H13IN4O/c1-8-15-5-11(13)12(18)16(8)6-10-4-14-7-17(10)9-2-3-9/h4-5,7,9H,2-3,6H2,1H3. The molecule has 2 heterocycles. The Balaban J connectivity index is 1.99. The highest BCUT2D eigenvalue weighted by Crippen LogP contribution is 2.35. The largest absolute Gasteiger partial charge is 0.330 e. The van der Waals surface area contributed by atoms with E-state index in [1.807, 2.05) is 42.0 Å². The highest BCUT2D eigenvalue weighted by atomic mass is 127. The molecule has 0 atom stereocenters. The molecule has 0 radical (unpaired) electrons. The normalized spacial score (nSPS) is 15.0. The lowest BCUT2D eigenvalue weighted by atomic mass is 10.4. The molecule has 18 heavy (non-hydrogen) atoms. The summed E-state index contributed by atoms with van der Waals surface area (Å²) in [5.74, 6) is 0.740. The minimum Gasteiger partial charge on any atom is -0.330 e. The summed E-state index contributed by atoms with van der Waals surface area (Å²) in [6.45, 7) is 2.40. The van der Waals surface area contributed by atoms with Crippen molar-refractivity contribution >= 4 is 22.6 Å². The molecule has 1 fully saturated rings. The van der Waals surface area contributed by atoms with Crippen molar-refractivity contribution in [2.45, 2.75) is 32.4 Å². The van der Waals surface area contributed by atoms with Crippen LogP contribution in [0.2, 0.25) is 0 Å². The SMILES string of the molecule is Cc1ncc(I)c(=O)n1Cc1cncn1C1CC1. The van der Waals surface area contributed by atoms with E-state index in [0.717, 1.165) is 11.5 Å². The molecular weight excluding hydrogens is 343 g/mol. The van der Waals surface area contributed by atoms with Gasteiger partial charge in [-0.05, 0) is 42.4 Å². The van der Waals surface area contributed by atoms with Crippen LogP contribution in [0.15, 0.2) is 23.5 Å². The summed E-state index contributed by atoms with van der Waals surface area (Å²) < 4.78 is 4.53. The van der Waals surface area contributed by atoms with Crippen molar-refractivity contribution in [2.75, 3.05) is 0 Å². The number of halogens is 1. The Kier molecular flexibility index (Phi) is 2.96. The number of nitrogens with zero attached hydrogens (tertiary/aromatic N) is 4. The van der Waals surface area contributed by atoms with Gasteiger partial charge in [-0.3, -0.25) is 9.36 Å². The van der Waals surface area contributed by atoms with E-state index in [9.17, 15) is 4.79 Å². The molecule has 6 heteroatoms. The number of hydrogen-bond acceptors (Lipinski definition) is 3. The molecule has 3 rings (SSSR count). The minimum atomic E-state index is 0.0200. The van der Waals surface area contributed by atoms with E-state index in [-0.39, 0.29) is 5.56 Å². The van der Waals surface area contributed by atoms with Gasteiger partial charge in [-0.25, -0.2) is 9.97 Å². The van der Waals surface area contributed by atoms with Crippen molar-refractivity contribution in [3.63, 3.8) is 0 Å². The van der Waals surface area contributed by atoms with Crippen LogP contribution in [0.1, 0.15) is 30.4 Å². The third kappa shape index (κ3) is 2.09. The second-order valence-electron chi connectivity index (χ2n) is 4.57. The average molecular weight is 356 g/mol. The Bertz CT molecular complexity index is 642. The average Bonchev–Trinajstić information content (AvgIpc) is 3.10. The first kappa shape index (κ1) is 11.9. The zero-order valence-corrected chi connectivity index (χ0v) is 12.2. The molecule has 0 amide bonds. The molecule has 2 aromatic rings. The van der Waals surface area contributed by atoms with Crippen LogP contribution in [0.25, 0.3) is 0 Å². The van der Waals surface area contributed by atoms with Crippen LogP contribution in [-0.2, 0) is 6.54 Å². The fourth-order valence-corrected chi connectivity index (χ4v) is 2.47. The zero-order chi connectivity index (χ0) is 12.7. The van der Waals surface area contributed by atoms with E-state index in [1.54, 1.807) is 10.8 Å². The van der Waals surface area contributed by atoms with Gasteiger partial charge in [0.25, 0.3) is 5.56 Å². The third-order valence-electron chi connectivity index (χ3n) is 3.21. The molecule has 0 bridgehead atoms. The summed E-state index contributed by atoms with van der Waals surface area (Å²) in [6.07, 6.45) is 7.73. The van der Waals surface area contributed by atoms with Crippen LogP contribution in [-0.4, -0.2) is 19.1 Å². The number of rotatable bonds is 3. The maximum Gasteiger partial charge on any atom is 0.267 e. The molecule has 1 saturated carbocycles. The second-order valence-corrected chi connectivity index (χ2v) is 5.73. The van der Waals surface area contributed by atoms with Crippen molar-refractivity contribution in [3.05, 3.63) is 44.2 Å². The van der Waals surface area contributed by atoms with Gasteiger partial charge in [0.15, 0.2) is 0 Å². The first-order valence-corrected chi connectivity index (χ1v) is 6.97. The molecule has 2 aromatic heterocycles. The van der Waals surface area contributed by atoms with Gasteiger partial charge < -0.3 is 4.57 Å². The van der Waals surface area contributed by atoms with E-state index in [0.29, 0.717) is 16.2 Å². The van der Waals surface area contributed by atoms with Crippen molar-refractivity contribution in [3.8, 4) is 0 Å². The summed E-state index contributed by atoms with van der Waals surface area (Å²) >= 11 is 2.02. The Labute approximate surface area is 118 Å². The molecule has 5 nitrogen and oxygen atoms in total. The number of aryl methyl sites for hydroxylation is 1. The van der Waals surface area contributed by atoms with Crippen molar-refractivity contribution in [1.29, 1.82) is 0 Å². The summed E-state index contributed by atoms with van der Waals surface area (Å²) in [5.41, 5.74) is 1.10. The zero-order valence-electron chi connectivity index (χ0n) is 10.0. The smallest absolute Gasteiger partial charge is 0.267 e. The van der Waals surface area contributed by atoms with Crippen LogP contribution in [0.4, 0.5) is 0 Å². The topological polar surface area (TPSA) is 52.7 Å². The van der Waals surface area contributed by atoms with Crippen LogP contribution in [0, 0.1) is 10.5 Å². The van der Waals surface area contributed by atoms with E-state index in [1.165, 1.54) is 12.8 Å². The highest BCUT2D eigenvalue weighted by Gasteiger charge is 2.25. The quantitative estimate of drug-likeness (QED) is 0.788. The monoisotopic (exact) mass is 356 g/mol. The maximum absolute atomic E-state index is 12.1. The van der Waals surface area contributed by atoms with Gasteiger partial charge in [0.1, 0.15) is 5.82 Å². The number of aromatic nitrogens is 4. The van der Waals surface area contributed by atoms with Gasteiger partial charge in [-0.1, -0.05) is 0 Å².